The lowest BCUT2D eigenvalue weighted by Gasteiger charge is -2.29. The Labute approximate surface area is 121 Å². The van der Waals surface area contributed by atoms with Crippen LogP contribution in [0.15, 0.2) is 24.3 Å². The maximum Gasteiger partial charge on any atom is 0.416 e. The van der Waals surface area contributed by atoms with Gasteiger partial charge >= 0.3 is 6.18 Å². The van der Waals surface area contributed by atoms with Crippen molar-refractivity contribution in [2.45, 2.75) is 19.5 Å². The highest BCUT2D eigenvalue weighted by molar-refractivity contribution is 5.78. The molecule has 116 valence electrons. The molecule has 1 amide bonds. The summed E-state index contributed by atoms with van der Waals surface area (Å²) in [5.74, 6) is -0.373. The summed E-state index contributed by atoms with van der Waals surface area (Å²) in [4.78, 5) is 13.9. The summed E-state index contributed by atoms with van der Waals surface area (Å²) in [7, 11) is 0. The predicted molar refractivity (Wildman–Crippen MR) is 71.7 cm³/mol. The van der Waals surface area contributed by atoms with E-state index in [0.717, 1.165) is 12.1 Å². The van der Waals surface area contributed by atoms with Crippen molar-refractivity contribution >= 4 is 5.91 Å². The van der Waals surface area contributed by atoms with Gasteiger partial charge in [-0.3, -0.25) is 4.79 Å². The van der Waals surface area contributed by atoms with Crippen LogP contribution in [-0.4, -0.2) is 37.1 Å². The Morgan fingerprint density at radius 2 is 2.00 bits per heavy atom. The van der Waals surface area contributed by atoms with Gasteiger partial charge in [0.1, 0.15) is 0 Å². The lowest BCUT2D eigenvalue weighted by molar-refractivity contribution is -0.139. The molecule has 1 saturated heterocycles. The van der Waals surface area contributed by atoms with Gasteiger partial charge in [-0.25, -0.2) is 0 Å². The van der Waals surface area contributed by atoms with Gasteiger partial charge in [0.25, 0.3) is 0 Å². The molecular weight excluding hydrogens is 283 g/mol. The molecule has 21 heavy (non-hydrogen) atoms. The average Bonchev–Trinajstić information content (AvgIpc) is 2.47. The van der Waals surface area contributed by atoms with Gasteiger partial charge in [-0.05, 0) is 18.1 Å². The van der Waals surface area contributed by atoms with Crippen LogP contribution in [0.1, 0.15) is 18.1 Å². The molecule has 0 spiro atoms. The van der Waals surface area contributed by atoms with Crippen molar-refractivity contribution in [3.8, 4) is 0 Å². The zero-order chi connectivity index (χ0) is 15.5. The highest BCUT2D eigenvalue weighted by Gasteiger charge is 2.30. The molecule has 1 aliphatic rings. The quantitative estimate of drug-likeness (QED) is 0.859. The highest BCUT2D eigenvalue weighted by Crippen LogP contribution is 2.30. The van der Waals surface area contributed by atoms with Crippen LogP contribution in [0.25, 0.3) is 0 Å². The summed E-state index contributed by atoms with van der Waals surface area (Å²) < 4.78 is 43.2. The molecule has 2 rings (SSSR count). The minimum Gasteiger partial charge on any atom is -0.378 e. The number of carbonyl (C=O) groups excluding carboxylic acids is 1. The third-order valence-electron chi connectivity index (χ3n) is 3.54. The van der Waals surface area contributed by atoms with E-state index >= 15 is 0 Å². The van der Waals surface area contributed by atoms with Gasteiger partial charge in [0, 0.05) is 19.0 Å². The van der Waals surface area contributed by atoms with Crippen molar-refractivity contribution in [3.63, 3.8) is 0 Å². The summed E-state index contributed by atoms with van der Waals surface area (Å²) >= 11 is 0. The number of morpholine rings is 1. The number of alkyl halides is 3. The van der Waals surface area contributed by atoms with E-state index in [2.05, 4.69) is 0 Å². The van der Waals surface area contributed by atoms with Crippen LogP contribution in [0, 0.1) is 5.92 Å². The molecule has 1 aromatic rings. The molecule has 1 fully saturated rings. The van der Waals surface area contributed by atoms with E-state index in [1.165, 1.54) is 6.07 Å². The van der Waals surface area contributed by atoms with Gasteiger partial charge in [-0.1, -0.05) is 25.1 Å². The van der Waals surface area contributed by atoms with Crippen LogP contribution < -0.4 is 0 Å². The Hall–Kier alpha value is -1.56. The van der Waals surface area contributed by atoms with Gasteiger partial charge in [0.2, 0.25) is 5.91 Å². The second kappa shape index (κ2) is 6.47. The number of carbonyl (C=O) groups is 1. The smallest absolute Gasteiger partial charge is 0.378 e. The van der Waals surface area contributed by atoms with Gasteiger partial charge in [0.15, 0.2) is 0 Å². The SMILES string of the molecule is C[C@H](Cc1cccc(C(F)(F)F)c1)C(=O)N1CCOCC1. The maximum absolute atomic E-state index is 12.7. The number of halogens is 3. The Balaban J connectivity index is 2.02. The minimum atomic E-state index is -4.35. The fourth-order valence-electron chi connectivity index (χ4n) is 2.41. The van der Waals surface area contributed by atoms with Crippen molar-refractivity contribution < 1.29 is 22.7 Å². The number of benzene rings is 1. The molecule has 1 atom stereocenters. The van der Waals surface area contributed by atoms with E-state index in [1.54, 1.807) is 17.9 Å². The van der Waals surface area contributed by atoms with Crippen LogP contribution in [0.4, 0.5) is 13.2 Å². The Morgan fingerprint density at radius 3 is 2.62 bits per heavy atom. The molecule has 0 N–H and O–H groups in total. The highest BCUT2D eigenvalue weighted by atomic mass is 19.4. The molecule has 0 radical (unpaired) electrons. The topological polar surface area (TPSA) is 29.5 Å². The number of hydrogen-bond donors (Lipinski definition) is 0. The van der Waals surface area contributed by atoms with Crippen LogP contribution in [0.5, 0.6) is 0 Å². The van der Waals surface area contributed by atoms with Crippen LogP contribution in [0.3, 0.4) is 0 Å². The zero-order valence-corrected chi connectivity index (χ0v) is 11.8. The van der Waals surface area contributed by atoms with Gasteiger partial charge < -0.3 is 9.64 Å². The monoisotopic (exact) mass is 301 g/mol. The molecule has 0 aromatic heterocycles. The summed E-state index contributed by atoms with van der Waals surface area (Å²) in [6.45, 7) is 3.87. The summed E-state index contributed by atoms with van der Waals surface area (Å²) in [6, 6.07) is 5.16. The van der Waals surface area contributed by atoms with Crippen molar-refractivity contribution in [1.29, 1.82) is 0 Å². The summed E-state index contributed by atoms with van der Waals surface area (Å²) in [5, 5.41) is 0. The first-order valence-electron chi connectivity index (χ1n) is 6.90. The number of nitrogens with zero attached hydrogens (tertiary/aromatic N) is 1. The van der Waals surface area contributed by atoms with Crippen LogP contribution in [0.2, 0.25) is 0 Å². The van der Waals surface area contributed by atoms with Gasteiger partial charge in [-0.15, -0.1) is 0 Å². The number of rotatable bonds is 3. The van der Waals surface area contributed by atoms with Gasteiger partial charge in [0.05, 0.1) is 18.8 Å². The molecule has 3 nitrogen and oxygen atoms in total. The molecule has 1 heterocycles. The Bertz CT molecular complexity index is 496. The first-order chi connectivity index (χ1) is 9.88. The number of hydrogen-bond acceptors (Lipinski definition) is 2. The molecule has 0 aliphatic carbocycles. The second-order valence-electron chi connectivity index (χ2n) is 5.24. The fourth-order valence-corrected chi connectivity index (χ4v) is 2.41. The molecule has 0 unspecified atom stereocenters. The van der Waals surface area contributed by atoms with E-state index in [-0.39, 0.29) is 11.8 Å². The minimum absolute atomic E-state index is 0.0317. The largest absolute Gasteiger partial charge is 0.416 e. The van der Waals surface area contributed by atoms with Crippen LogP contribution in [-0.2, 0) is 22.1 Å². The molecule has 1 aliphatic heterocycles. The summed E-state index contributed by atoms with van der Waals surface area (Å²) in [5.41, 5.74) is -0.148. The Morgan fingerprint density at radius 1 is 1.33 bits per heavy atom. The first-order valence-corrected chi connectivity index (χ1v) is 6.90. The Kier molecular flexibility index (Phi) is 4.88. The lowest BCUT2D eigenvalue weighted by Crippen LogP contribution is -2.43. The number of ether oxygens (including phenoxy) is 1. The van der Waals surface area contributed by atoms with Crippen molar-refractivity contribution in [2.75, 3.05) is 26.3 Å². The third kappa shape index (κ3) is 4.20. The molecule has 0 bridgehead atoms. The normalized spacial score (nSPS) is 17.6. The lowest BCUT2D eigenvalue weighted by atomic mass is 9.98. The predicted octanol–water partition coefficient (Wildman–Crippen LogP) is 2.74. The third-order valence-corrected chi connectivity index (χ3v) is 3.54. The van der Waals surface area contributed by atoms with Gasteiger partial charge in [-0.2, -0.15) is 13.2 Å². The van der Waals surface area contributed by atoms with E-state index in [1.807, 2.05) is 0 Å². The zero-order valence-electron chi connectivity index (χ0n) is 11.8. The van der Waals surface area contributed by atoms with E-state index in [9.17, 15) is 18.0 Å². The fraction of sp³-hybridized carbons (Fsp3) is 0.533. The first kappa shape index (κ1) is 15.8. The average molecular weight is 301 g/mol. The number of amides is 1. The maximum atomic E-state index is 12.7. The molecular formula is C15H18F3NO2. The van der Waals surface area contributed by atoms with E-state index in [0.29, 0.717) is 38.3 Å². The second-order valence-corrected chi connectivity index (χ2v) is 5.24. The van der Waals surface area contributed by atoms with Crippen molar-refractivity contribution in [3.05, 3.63) is 35.4 Å². The van der Waals surface area contributed by atoms with Crippen LogP contribution >= 0.6 is 0 Å². The molecule has 6 heteroatoms. The molecule has 0 saturated carbocycles. The van der Waals surface area contributed by atoms with E-state index < -0.39 is 11.7 Å². The van der Waals surface area contributed by atoms with E-state index in [4.69, 9.17) is 4.74 Å². The standard InChI is InChI=1S/C15H18F3NO2/c1-11(14(20)19-5-7-21-8-6-19)9-12-3-2-4-13(10-12)15(16,17)18/h2-4,10-11H,5-9H2,1H3/t11-/m1/s1. The van der Waals surface area contributed by atoms with Crippen molar-refractivity contribution in [2.24, 2.45) is 5.92 Å². The summed E-state index contributed by atoms with van der Waals surface area (Å²) in [6.07, 6.45) is -4.05. The molecule has 1 aromatic carbocycles. The van der Waals surface area contributed by atoms with Crippen molar-refractivity contribution in [1.82, 2.24) is 4.90 Å².